The normalized spacial score (nSPS) is 12.7. The van der Waals surface area contributed by atoms with Gasteiger partial charge in [-0.3, -0.25) is 4.68 Å². The van der Waals surface area contributed by atoms with Gasteiger partial charge in [-0.05, 0) is 31.5 Å². The fourth-order valence-corrected chi connectivity index (χ4v) is 2.58. The lowest BCUT2D eigenvalue weighted by atomic mass is 10.1. The van der Waals surface area contributed by atoms with Gasteiger partial charge >= 0.3 is 0 Å². The molecule has 0 saturated heterocycles. The van der Waals surface area contributed by atoms with Gasteiger partial charge in [0, 0.05) is 11.0 Å². The Morgan fingerprint density at radius 2 is 2.17 bits per heavy atom. The Labute approximate surface area is 120 Å². The first-order valence-corrected chi connectivity index (χ1v) is 6.88. The third-order valence-corrected chi connectivity index (χ3v) is 4.03. The van der Waals surface area contributed by atoms with Gasteiger partial charge in [0.15, 0.2) is 0 Å². The van der Waals surface area contributed by atoms with E-state index in [9.17, 15) is 0 Å². The van der Waals surface area contributed by atoms with E-state index in [0.717, 1.165) is 21.4 Å². The fraction of sp³-hybridized carbons (Fsp3) is 0.308. The molecule has 0 aliphatic carbocycles. The van der Waals surface area contributed by atoms with Crippen LogP contribution in [-0.4, -0.2) is 16.3 Å². The maximum absolute atomic E-state index is 6.18. The zero-order valence-corrected chi connectivity index (χ0v) is 12.7. The van der Waals surface area contributed by atoms with E-state index in [1.54, 1.807) is 0 Å². The molecule has 1 atom stereocenters. The molecule has 1 unspecified atom stereocenters. The molecule has 0 aliphatic heterocycles. The third kappa shape index (κ3) is 2.46. The van der Waals surface area contributed by atoms with E-state index in [1.165, 1.54) is 0 Å². The van der Waals surface area contributed by atoms with Gasteiger partial charge in [0.05, 0.1) is 22.5 Å². The predicted molar refractivity (Wildman–Crippen MR) is 78.0 cm³/mol. The molecule has 0 radical (unpaired) electrons. The highest BCUT2D eigenvalue weighted by Gasteiger charge is 2.18. The van der Waals surface area contributed by atoms with Gasteiger partial charge in [0.25, 0.3) is 0 Å². The van der Waals surface area contributed by atoms with Crippen molar-refractivity contribution in [2.45, 2.75) is 19.9 Å². The second-order valence-electron chi connectivity index (χ2n) is 4.24. The van der Waals surface area contributed by atoms with Crippen molar-refractivity contribution in [3.8, 4) is 0 Å². The number of nitrogens with zero attached hydrogens (tertiary/aromatic N) is 2. The van der Waals surface area contributed by atoms with Crippen molar-refractivity contribution in [2.24, 2.45) is 5.73 Å². The highest BCUT2D eigenvalue weighted by atomic mass is 79.9. The van der Waals surface area contributed by atoms with Gasteiger partial charge in [0.2, 0.25) is 0 Å². The summed E-state index contributed by atoms with van der Waals surface area (Å²) < 4.78 is 2.94. The smallest absolute Gasteiger partial charge is 0.0894 e. The van der Waals surface area contributed by atoms with Crippen LogP contribution in [0.25, 0.3) is 0 Å². The minimum absolute atomic E-state index is 0.00806. The molecule has 2 rings (SSSR count). The molecule has 0 bridgehead atoms. The molecule has 0 fully saturated rings. The zero-order chi connectivity index (χ0) is 13.3. The fourth-order valence-electron chi connectivity index (χ4n) is 2.04. The summed E-state index contributed by atoms with van der Waals surface area (Å²) in [5, 5.41) is 5.19. The molecular formula is C13H15BrClN3. The Morgan fingerprint density at radius 3 is 2.67 bits per heavy atom. The molecule has 2 aromatic rings. The minimum atomic E-state index is 0.00806. The van der Waals surface area contributed by atoms with Crippen LogP contribution in [0.15, 0.2) is 28.7 Å². The average molecular weight is 329 g/mol. The van der Waals surface area contributed by atoms with E-state index in [1.807, 2.05) is 36.7 Å². The van der Waals surface area contributed by atoms with Crippen molar-refractivity contribution >= 4 is 27.5 Å². The van der Waals surface area contributed by atoms with E-state index >= 15 is 0 Å². The number of halogens is 2. The highest BCUT2D eigenvalue weighted by molar-refractivity contribution is 9.10. The van der Waals surface area contributed by atoms with E-state index < -0.39 is 0 Å². The number of aromatic nitrogens is 2. The molecule has 0 aliphatic rings. The number of aryl methyl sites for hydroxylation is 1. The van der Waals surface area contributed by atoms with E-state index in [0.29, 0.717) is 11.6 Å². The topological polar surface area (TPSA) is 43.8 Å². The second kappa shape index (κ2) is 5.43. The van der Waals surface area contributed by atoms with Crippen LogP contribution >= 0.6 is 27.5 Å². The van der Waals surface area contributed by atoms with Gasteiger partial charge in [-0.1, -0.05) is 39.7 Å². The summed E-state index contributed by atoms with van der Waals surface area (Å²) in [4.78, 5) is 0. The molecule has 18 heavy (non-hydrogen) atoms. The average Bonchev–Trinajstić information content (AvgIpc) is 2.59. The van der Waals surface area contributed by atoms with Crippen LogP contribution in [0.5, 0.6) is 0 Å². The summed E-state index contributed by atoms with van der Waals surface area (Å²) in [5.74, 6) is 0. The van der Waals surface area contributed by atoms with Crippen molar-refractivity contribution in [3.63, 3.8) is 0 Å². The van der Waals surface area contributed by atoms with Gasteiger partial charge in [-0.2, -0.15) is 5.10 Å². The second-order valence-corrected chi connectivity index (χ2v) is 5.53. The first-order chi connectivity index (χ1) is 8.54. The van der Waals surface area contributed by atoms with Crippen molar-refractivity contribution < 1.29 is 0 Å². The van der Waals surface area contributed by atoms with Crippen LogP contribution in [0.1, 0.15) is 23.0 Å². The first kappa shape index (κ1) is 13.6. The minimum Gasteiger partial charge on any atom is -0.328 e. The zero-order valence-electron chi connectivity index (χ0n) is 10.3. The number of rotatable bonds is 3. The lowest BCUT2D eigenvalue weighted by Gasteiger charge is -2.18. The monoisotopic (exact) mass is 327 g/mol. The predicted octanol–water partition coefficient (Wildman–Crippen LogP) is 3.46. The summed E-state index contributed by atoms with van der Waals surface area (Å²) in [6.45, 7) is 4.35. The van der Waals surface area contributed by atoms with Crippen LogP contribution in [-0.2, 0) is 0 Å². The lowest BCUT2D eigenvalue weighted by molar-refractivity contribution is 0.516. The Balaban J connectivity index is 2.48. The van der Waals surface area contributed by atoms with Crippen molar-refractivity contribution in [1.82, 2.24) is 9.78 Å². The van der Waals surface area contributed by atoms with Crippen molar-refractivity contribution in [1.29, 1.82) is 0 Å². The summed E-state index contributed by atoms with van der Waals surface area (Å²) in [5.41, 5.74) is 8.80. The molecular weight excluding hydrogens is 314 g/mol. The SMILES string of the molecule is Cc1nn(C(CN)c2cccc(Br)c2)c(C)c1Cl. The quantitative estimate of drug-likeness (QED) is 0.937. The Morgan fingerprint density at radius 1 is 1.44 bits per heavy atom. The summed E-state index contributed by atoms with van der Waals surface area (Å²) >= 11 is 9.66. The highest BCUT2D eigenvalue weighted by Crippen LogP contribution is 2.26. The van der Waals surface area contributed by atoms with E-state index in [-0.39, 0.29) is 6.04 Å². The van der Waals surface area contributed by atoms with Crippen molar-refractivity contribution in [2.75, 3.05) is 6.54 Å². The molecule has 0 saturated carbocycles. The first-order valence-electron chi connectivity index (χ1n) is 5.71. The van der Waals surface area contributed by atoms with Crippen molar-refractivity contribution in [3.05, 3.63) is 50.7 Å². The molecule has 1 aromatic heterocycles. The third-order valence-electron chi connectivity index (χ3n) is 2.99. The van der Waals surface area contributed by atoms with Crippen LogP contribution in [0.4, 0.5) is 0 Å². The van der Waals surface area contributed by atoms with Crippen LogP contribution < -0.4 is 5.73 Å². The molecule has 1 heterocycles. The molecule has 96 valence electrons. The number of benzene rings is 1. The Kier molecular flexibility index (Phi) is 4.10. The number of hydrogen-bond acceptors (Lipinski definition) is 2. The Bertz CT molecular complexity index is 565. The number of nitrogens with two attached hydrogens (primary N) is 1. The summed E-state index contributed by atoms with van der Waals surface area (Å²) in [6.07, 6.45) is 0. The van der Waals surface area contributed by atoms with Gasteiger partial charge in [0.1, 0.15) is 0 Å². The molecule has 0 amide bonds. The van der Waals surface area contributed by atoms with E-state index in [4.69, 9.17) is 17.3 Å². The molecule has 0 spiro atoms. The summed E-state index contributed by atoms with van der Waals surface area (Å²) in [6, 6.07) is 8.10. The van der Waals surface area contributed by atoms with Crippen LogP contribution in [0, 0.1) is 13.8 Å². The van der Waals surface area contributed by atoms with E-state index in [2.05, 4.69) is 27.1 Å². The van der Waals surface area contributed by atoms with Gasteiger partial charge in [-0.25, -0.2) is 0 Å². The van der Waals surface area contributed by atoms with Gasteiger partial charge in [-0.15, -0.1) is 0 Å². The molecule has 1 aromatic carbocycles. The lowest BCUT2D eigenvalue weighted by Crippen LogP contribution is -2.22. The maximum Gasteiger partial charge on any atom is 0.0894 e. The molecule has 3 nitrogen and oxygen atoms in total. The standard InChI is InChI=1S/C13H15BrClN3/c1-8-13(15)9(2)18(17-8)12(7-16)10-4-3-5-11(14)6-10/h3-6,12H,7,16H2,1-2H3. The molecule has 2 N–H and O–H groups in total. The summed E-state index contributed by atoms with van der Waals surface area (Å²) in [7, 11) is 0. The Hall–Kier alpha value is -0.840. The number of hydrogen-bond donors (Lipinski definition) is 1. The largest absolute Gasteiger partial charge is 0.328 e. The van der Waals surface area contributed by atoms with Gasteiger partial charge < -0.3 is 5.73 Å². The van der Waals surface area contributed by atoms with Crippen LogP contribution in [0.2, 0.25) is 5.02 Å². The maximum atomic E-state index is 6.18. The molecule has 5 heteroatoms. The van der Waals surface area contributed by atoms with Crippen LogP contribution in [0.3, 0.4) is 0 Å².